The van der Waals surface area contributed by atoms with Gasteiger partial charge in [-0.3, -0.25) is 9.59 Å². The molecule has 0 bridgehead atoms. The van der Waals surface area contributed by atoms with Gasteiger partial charge in [0, 0.05) is 38.9 Å². The van der Waals surface area contributed by atoms with Crippen molar-refractivity contribution in [1.29, 1.82) is 0 Å². The van der Waals surface area contributed by atoms with E-state index in [1.54, 1.807) is 17.0 Å². The van der Waals surface area contributed by atoms with Crippen LogP contribution in [0.4, 0.5) is 17.3 Å². The molecule has 2 amide bonds. The lowest BCUT2D eigenvalue weighted by atomic mass is 10.1. The van der Waals surface area contributed by atoms with Gasteiger partial charge in [0.05, 0.1) is 5.56 Å². The molecule has 7 nitrogen and oxygen atoms in total. The van der Waals surface area contributed by atoms with Gasteiger partial charge in [0.15, 0.2) is 0 Å². The van der Waals surface area contributed by atoms with Gasteiger partial charge in [0.2, 0.25) is 5.91 Å². The third-order valence-electron chi connectivity index (χ3n) is 4.92. The Morgan fingerprint density at radius 1 is 1.18 bits per heavy atom. The molecular formula is C21H25N5O2. The monoisotopic (exact) mass is 379 g/mol. The minimum atomic E-state index is -0.519. The molecule has 2 heterocycles. The van der Waals surface area contributed by atoms with Crippen molar-refractivity contribution in [3.05, 3.63) is 60.2 Å². The Balaban J connectivity index is 1.89. The standard InChI is InChI=1S/C21H25N5O2/c1-4-19(27)26-12-10-25(11-13-26)18-9-8-17(20(22)28)21(23-18)24(3)16-7-5-6-15(2)14-16/h4-9,14H,1,10-13H2,2-3H3,(H2,22,28). The van der Waals surface area contributed by atoms with E-state index in [-0.39, 0.29) is 5.91 Å². The number of nitrogens with two attached hydrogens (primary N) is 1. The molecule has 1 aromatic heterocycles. The molecule has 0 saturated carbocycles. The number of hydrogen-bond donors (Lipinski definition) is 1. The summed E-state index contributed by atoms with van der Waals surface area (Å²) in [6.07, 6.45) is 1.34. The van der Waals surface area contributed by atoms with Crippen molar-refractivity contribution in [3.8, 4) is 0 Å². The topological polar surface area (TPSA) is 82.8 Å². The summed E-state index contributed by atoms with van der Waals surface area (Å²) >= 11 is 0. The summed E-state index contributed by atoms with van der Waals surface area (Å²) in [5.74, 6) is 0.692. The van der Waals surface area contributed by atoms with Gasteiger partial charge in [-0.05, 0) is 42.8 Å². The lowest BCUT2D eigenvalue weighted by Crippen LogP contribution is -2.48. The molecular weight excluding hydrogens is 354 g/mol. The highest BCUT2D eigenvalue weighted by Gasteiger charge is 2.23. The summed E-state index contributed by atoms with van der Waals surface area (Å²) in [6, 6.07) is 11.5. The fourth-order valence-corrected chi connectivity index (χ4v) is 3.31. The van der Waals surface area contributed by atoms with Gasteiger partial charge in [-0.25, -0.2) is 4.98 Å². The number of amides is 2. The molecule has 0 aliphatic carbocycles. The number of pyridine rings is 1. The number of primary amides is 1. The van der Waals surface area contributed by atoms with Crippen LogP contribution >= 0.6 is 0 Å². The fourth-order valence-electron chi connectivity index (χ4n) is 3.31. The van der Waals surface area contributed by atoms with Crippen LogP contribution in [0.15, 0.2) is 49.1 Å². The number of benzene rings is 1. The first-order valence-corrected chi connectivity index (χ1v) is 9.18. The van der Waals surface area contributed by atoms with Crippen LogP contribution in [0.25, 0.3) is 0 Å². The zero-order chi connectivity index (χ0) is 20.3. The highest BCUT2D eigenvalue weighted by atomic mass is 16.2. The molecule has 0 unspecified atom stereocenters. The number of anilines is 3. The summed E-state index contributed by atoms with van der Waals surface area (Å²) in [4.78, 5) is 34.2. The Labute approximate surface area is 165 Å². The van der Waals surface area contributed by atoms with Crippen molar-refractivity contribution in [1.82, 2.24) is 9.88 Å². The fraction of sp³-hybridized carbons (Fsp3) is 0.286. The molecule has 1 fully saturated rings. The molecule has 1 aliphatic heterocycles. The van der Waals surface area contributed by atoms with E-state index >= 15 is 0 Å². The van der Waals surface area contributed by atoms with Gasteiger partial charge in [0.25, 0.3) is 5.91 Å². The SMILES string of the molecule is C=CC(=O)N1CCN(c2ccc(C(N)=O)c(N(C)c3cccc(C)c3)n2)CC1. The normalized spacial score (nSPS) is 13.9. The zero-order valence-corrected chi connectivity index (χ0v) is 16.3. The summed E-state index contributed by atoms with van der Waals surface area (Å²) in [6.45, 7) is 8.09. The van der Waals surface area contributed by atoms with Gasteiger partial charge >= 0.3 is 0 Å². The van der Waals surface area contributed by atoms with Crippen molar-refractivity contribution in [2.45, 2.75) is 6.92 Å². The Bertz CT molecular complexity index is 903. The molecule has 1 aromatic carbocycles. The van der Waals surface area contributed by atoms with Crippen LogP contribution in [0.1, 0.15) is 15.9 Å². The van der Waals surface area contributed by atoms with E-state index < -0.39 is 5.91 Å². The van der Waals surface area contributed by atoms with E-state index in [1.807, 2.05) is 43.1 Å². The number of piperazine rings is 1. The van der Waals surface area contributed by atoms with Crippen LogP contribution in [0.2, 0.25) is 0 Å². The van der Waals surface area contributed by atoms with Crippen molar-refractivity contribution in [3.63, 3.8) is 0 Å². The molecule has 1 saturated heterocycles. The second-order valence-corrected chi connectivity index (χ2v) is 6.82. The summed E-state index contributed by atoms with van der Waals surface area (Å²) in [7, 11) is 1.87. The van der Waals surface area contributed by atoms with Crippen LogP contribution in [0, 0.1) is 6.92 Å². The van der Waals surface area contributed by atoms with E-state index in [4.69, 9.17) is 10.7 Å². The first-order chi connectivity index (χ1) is 13.4. The first kappa shape index (κ1) is 19.4. The highest BCUT2D eigenvalue weighted by molar-refractivity contribution is 5.98. The van der Waals surface area contributed by atoms with E-state index in [1.165, 1.54) is 6.08 Å². The second-order valence-electron chi connectivity index (χ2n) is 6.82. The van der Waals surface area contributed by atoms with Crippen LogP contribution in [-0.2, 0) is 4.79 Å². The highest BCUT2D eigenvalue weighted by Crippen LogP contribution is 2.28. The van der Waals surface area contributed by atoms with Gasteiger partial charge in [-0.2, -0.15) is 0 Å². The van der Waals surface area contributed by atoms with Crippen molar-refractivity contribution in [2.75, 3.05) is 43.0 Å². The Morgan fingerprint density at radius 3 is 2.50 bits per heavy atom. The average molecular weight is 379 g/mol. The largest absolute Gasteiger partial charge is 0.365 e. The maximum absolute atomic E-state index is 12.0. The van der Waals surface area contributed by atoms with Gasteiger partial charge in [-0.1, -0.05) is 18.7 Å². The lowest BCUT2D eigenvalue weighted by molar-refractivity contribution is -0.126. The number of nitrogens with zero attached hydrogens (tertiary/aromatic N) is 4. The molecule has 2 N–H and O–H groups in total. The first-order valence-electron chi connectivity index (χ1n) is 9.18. The molecule has 1 aliphatic rings. The van der Waals surface area contributed by atoms with Crippen molar-refractivity contribution in [2.24, 2.45) is 5.73 Å². The van der Waals surface area contributed by atoms with Gasteiger partial charge < -0.3 is 20.4 Å². The zero-order valence-electron chi connectivity index (χ0n) is 16.3. The lowest BCUT2D eigenvalue weighted by Gasteiger charge is -2.35. The third kappa shape index (κ3) is 3.98. The number of carbonyl (C=O) groups is 2. The maximum atomic E-state index is 12.0. The van der Waals surface area contributed by atoms with E-state index in [9.17, 15) is 9.59 Å². The molecule has 7 heteroatoms. The van der Waals surface area contributed by atoms with Gasteiger partial charge in [0.1, 0.15) is 11.6 Å². The van der Waals surface area contributed by atoms with Crippen molar-refractivity contribution >= 4 is 29.1 Å². The van der Waals surface area contributed by atoms with E-state index in [0.717, 1.165) is 17.1 Å². The summed E-state index contributed by atoms with van der Waals surface area (Å²) in [5, 5.41) is 0. The Hall–Kier alpha value is -3.35. The van der Waals surface area contributed by atoms with E-state index in [2.05, 4.69) is 11.5 Å². The molecule has 28 heavy (non-hydrogen) atoms. The number of aromatic nitrogens is 1. The summed E-state index contributed by atoms with van der Waals surface area (Å²) < 4.78 is 0. The molecule has 0 atom stereocenters. The molecule has 2 aromatic rings. The molecule has 0 spiro atoms. The van der Waals surface area contributed by atoms with Crippen LogP contribution < -0.4 is 15.5 Å². The molecule has 3 rings (SSSR count). The predicted octanol–water partition coefficient (Wildman–Crippen LogP) is 2.09. The minimum Gasteiger partial charge on any atom is -0.365 e. The predicted molar refractivity (Wildman–Crippen MR) is 111 cm³/mol. The molecule has 146 valence electrons. The Kier molecular flexibility index (Phi) is 5.63. The Morgan fingerprint density at radius 2 is 1.89 bits per heavy atom. The number of rotatable bonds is 5. The number of aryl methyl sites for hydroxylation is 1. The quantitative estimate of drug-likeness (QED) is 0.805. The molecule has 0 radical (unpaired) electrons. The smallest absolute Gasteiger partial charge is 0.252 e. The third-order valence-corrected chi connectivity index (χ3v) is 4.92. The minimum absolute atomic E-state index is 0.0587. The van der Waals surface area contributed by atoms with Crippen LogP contribution in [0.5, 0.6) is 0 Å². The van der Waals surface area contributed by atoms with Crippen LogP contribution in [0.3, 0.4) is 0 Å². The second kappa shape index (κ2) is 8.12. The van der Waals surface area contributed by atoms with Gasteiger partial charge in [-0.15, -0.1) is 0 Å². The van der Waals surface area contributed by atoms with Crippen LogP contribution in [-0.4, -0.2) is 54.9 Å². The number of carbonyl (C=O) groups excluding carboxylic acids is 2. The average Bonchev–Trinajstić information content (AvgIpc) is 2.72. The number of hydrogen-bond acceptors (Lipinski definition) is 5. The van der Waals surface area contributed by atoms with E-state index in [0.29, 0.717) is 37.6 Å². The summed E-state index contributed by atoms with van der Waals surface area (Å²) in [5.41, 5.74) is 7.99. The van der Waals surface area contributed by atoms with Crippen molar-refractivity contribution < 1.29 is 9.59 Å². The maximum Gasteiger partial charge on any atom is 0.252 e.